The second-order valence-electron chi connectivity index (χ2n) is 4.00. The molecule has 0 saturated heterocycles. The molecule has 0 aliphatic carbocycles. The summed E-state index contributed by atoms with van der Waals surface area (Å²) >= 11 is 0. The van der Waals surface area contributed by atoms with Crippen molar-refractivity contribution in [2.24, 2.45) is 11.7 Å². The van der Waals surface area contributed by atoms with Crippen molar-refractivity contribution in [3.8, 4) is 0 Å². The fourth-order valence-corrected chi connectivity index (χ4v) is 1.87. The van der Waals surface area contributed by atoms with Crippen molar-refractivity contribution in [3.05, 3.63) is 0 Å². The van der Waals surface area contributed by atoms with E-state index in [1.165, 1.54) is 25.7 Å². The van der Waals surface area contributed by atoms with E-state index in [9.17, 15) is 0 Å². The van der Waals surface area contributed by atoms with Crippen LogP contribution in [-0.4, -0.2) is 19.3 Å². The van der Waals surface area contributed by atoms with Crippen LogP contribution in [0.4, 0.5) is 0 Å². The van der Waals surface area contributed by atoms with Crippen LogP contribution in [0.3, 0.4) is 0 Å². The predicted octanol–water partition coefficient (Wildman–Crippen LogP) is 2.57. The highest BCUT2D eigenvalue weighted by Gasteiger charge is 2.31. The average Bonchev–Trinajstić information content (AvgIpc) is 2.16. The molecule has 0 aromatic rings. The summed E-state index contributed by atoms with van der Waals surface area (Å²) in [4.78, 5) is 0. The molecule has 0 rings (SSSR count). The fourth-order valence-electron chi connectivity index (χ4n) is 1.87. The van der Waals surface area contributed by atoms with Crippen molar-refractivity contribution in [2.75, 3.05) is 13.7 Å². The molecule has 0 aromatic carbocycles. The molecule has 0 fully saturated rings. The Morgan fingerprint density at radius 1 is 1.23 bits per heavy atom. The molecule has 0 saturated carbocycles. The summed E-state index contributed by atoms with van der Waals surface area (Å²) in [6.07, 6.45) is 4.86. The summed E-state index contributed by atoms with van der Waals surface area (Å²) in [5.74, 6) is 0.609. The van der Waals surface area contributed by atoms with E-state index in [2.05, 4.69) is 20.8 Å². The Balaban J connectivity index is 4.28. The molecular formula is C11H25NO. The number of methoxy groups -OCH3 is 1. The van der Waals surface area contributed by atoms with Gasteiger partial charge >= 0.3 is 0 Å². The largest absolute Gasteiger partial charge is 0.377 e. The van der Waals surface area contributed by atoms with E-state index < -0.39 is 0 Å². The van der Waals surface area contributed by atoms with Gasteiger partial charge in [-0.3, -0.25) is 0 Å². The molecule has 2 heteroatoms. The first-order valence-electron chi connectivity index (χ1n) is 5.39. The summed E-state index contributed by atoms with van der Waals surface area (Å²) in [7, 11) is 1.77. The van der Waals surface area contributed by atoms with Gasteiger partial charge in [-0.15, -0.1) is 0 Å². The molecule has 0 radical (unpaired) electrons. The van der Waals surface area contributed by atoms with Gasteiger partial charge in [0.05, 0.1) is 5.60 Å². The van der Waals surface area contributed by atoms with Gasteiger partial charge in [0.15, 0.2) is 0 Å². The van der Waals surface area contributed by atoms with Crippen LogP contribution in [0.25, 0.3) is 0 Å². The van der Waals surface area contributed by atoms with Crippen molar-refractivity contribution < 1.29 is 4.74 Å². The molecule has 0 amide bonds. The highest BCUT2D eigenvalue weighted by Crippen LogP contribution is 2.28. The summed E-state index contributed by atoms with van der Waals surface area (Å²) < 4.78 is 5.53. The van der Waals surface area contributed by atoms with Crippen LogP contribution in [0.15, 0.2) is 0 Å². The van der Waals surface area contributed by atoms with E-state index in [0.29, 0.717) is 12.5 Å². The predicted molar refractivity (Wildman–Crippen MR) is 57.8 cm³/mol. The molecule has 0 aliphatic heterocycles. The third kappa shape index (κ3) is 3.65. The van der Waals surface area contributed by atoms with Crippen molar-refractivity contribution in [1.29, 1.82) is 0 Å². The van der Waals surface area contributed by atoms with Crippen molar-refractivity contribution >= 4 is 0 Å². The Morgan fingerprint density at radius 3 is 1.92 bits per heavy atom. The van der Waals surface area contributed by atoms with Gasteiger partial charge in [-0.1, -0.05) is 26.7 Å². The highest BCUT2D eigenvalue weighted by molar-refractivity contribution is 4.84. The van der Waals surface area contributed by atoms with Gasteiger partial charge in [0, 0.05) is 13.7 Å². The van der Waals surface area contributed by atoms with E-state index in [0.717, 1.165) is 0 Å². The first-order valence-corrected chi connectivity index (χ1v) is 5.39. The van der Waals surface area contributed by atoms with Gasteiger partial charge < -0.3 is 10.5 Å². The Hall–Kier alpha value is -0.0800. The minimum absolute atomic E-state index is 0.119. The minimum atomic E-state index is -0.119. The SMILES string of the molecule is CCCC(CCC)C(C)(CN)OC. The van der Waals surface area contributed by atoms with Gasteiger partial charge in [-0.05, 0) is 25.7 Å². The van der Waals surface area contributed by atoms with Gasteiger partial charge in [-0.25, -0.2) is 0 Å². The van der Waals surface area contributed by atoms with E-state index in [4.69, 9.17) is 10.5 Å². The number of hydrogen-bond donors (Lipinski definition) is 1. The van der Waals surface area contributed by atoms with Crippen molar-refractivity contribution in [2.45, 2.75) is 52.1 Å². The zero-order valence-corrected chi connectivity index (χ0v) is 9.60. The lowest BCUT2D eigenvalue weighted by Gasteiger charge is -2.35. The normalized spacial score (nSPS) is 16.2. The standard InChI is InChI=1S/C11H25NO/c1-5-7-10(8-6-2)11(3,9-12)13-4/h10H,5-9,12H2,1-4H3. The average molecular weight is 187 g/mol. The van der Waals surface area contributed by atoms with Gasteiger partial charge in [0.2, 0.25) is 0 Å². The van der Waals surface area contributed by atoms with Crippen LogP contribution in [0, 0.1) is 5.92 Å². The summed E-state index contributed by atoms with van der Waals surface area (Å²) in [6.45, 7) is 7.18. The quantitative estimate of drug-likeness (QED) is 0.665. The first kappa shape index (κ1) is 12.9. The zero-order valence-electron chi connectivity index (χ0n) is 9.60. The van der Waals surface area contributed by atoms with E-state index >= 15 is 0 Å². The summed E-state index contributed by atoms with van der Waals surface area (Å²) in [5.41, 5.74) is 5.63. The lowest BCUT2D eigenvalue weighted by Crippen LogP contribution is -2.44. The smallest absolute Gasteiger partial charge is 0.0800 e. The van der Waals surface area contributed by atoms with Crippen LogP contribution in [0.5, 0.6) is 0 Å². The lowest BCUT2D eigenvalue weighted by molar-refractivity contribution is -0.0419. The zero-order chi connectivity index (χ0) is 10.3. The Kier molecular flexibility index (Phi) is 6.35. The maximum atomic E-state index is 5.75. The monoisotopic (exact) mass is 187 g/mol. The first-order chi connectivity index (χ1) is 6.14. The van der Waals surface area contributed by atoms with E-state index in [-0.39, 0.29) is 5.60 Å². The number of rotatable bonds is 7. The van der Waals surface area contributed by atoms with E-state index in [1.807, 2.05) is 0 Å². The van der Waals surface area contributed by atoms with Crippen LogP contribution in [-0.2, 0) is 4.74 Å². The summed E-state index contributed by atoms with van der Waals surface area (Å²) in [6, 6.07) is 0. The fraction of sp³-hybridized carbons (Fsp3) is 1.00. The van der Waals surface area contributed by atoms with Crippen LogP contribution >= 0.6 is 0 Å². The molecule has 0 aliphatic rings. The maximum absolute atomic E-state index is 5.75. The molecule has 0 heterocycles. The number of hydrogen-bond acceptors (Lipinski definition) is 2. The Labute approximate surface area is 82.8 Å². The number of ether oxygens (including phenoxy) is 1. The molecule has 80 valence electrons. The molecule has 1 unspecified atom stereocenters. The molecule has 0 aromatic heterocycles. The molecule has 1 atom stereocenters. The molecule has 2 N–H and O–H groups in total. The van der Waals surface area contributed by atoms with E-state index in [1.54, 1.807) is 7.11 Å². The number of nitrogens with two attached hydrogens (primary N) is 1. The van der Waals surface area contributed by atoms with Crippen LogP contribution in [0.1, 0.15) is 46.5 Å². The lowest BCUT2D eigenvalue weighted by atomic mass is 9.82. The maximum Gasteiger partial charge on any atom is 0.0800 e. The van der Waals surface area contributed by atoms with Crippen molar-refractivity contribution in [1.82, 2.24) is 0 Å². The molecule has 0 bridgehead atoms. The minimum Gasteiger partial charge on any atom is -0.377 e. The third-order valence-electron chi connectivity index (χ3n) is 3.01. The second-order valence-corrected chi connectivity index (χ2v) is 4.00. The van der Waals surface area contributed by atoms with Gasteiger partial charge in [0.1, 0.15) is 0 Å². The van der Waals surface area contributed by atoms with Crippen LogP contribution < -0.4 is 5.73 Å². The second kappa shape index (κ2) is 6.39. The Morgan fingerprint density at radius 2 is 1.69 bits per heavy atom. The molecule has 13 heavy (non-hydrogen) atoms. The van der Waals surface area contributed by atoms with Crippen LogP contribution in [0.2, 0.25) is 0 Å². The van der Waals surface area contributed by atoms with Gasteiger partial charge in [-0.2, -0.15) is 0 Å². The molecule has 0 spiro atoms. The van der Waals surface area contributed by atoms with Crippen molar-refractivity contribution in [3.63, 3.8) is 0 Å². The Bertz CT molecular complexity index is 115. The molecule has 2 nitrogen and oxygen atoms in total. The van der Waals surface area contributed by atoms with Gasteiger partial charge in [0.25, 0.3) is 0 Å². The summed E-state index contributed by atoms with van der Waals surface area (Å²) in [5, 5.41) is 0. The third-order valence-corrected chi connectivity index (χ3v) is 3.01. The highest BCUT2D eigenvalue weighted by atomic mass is 16.5. The molecular weight excluding hydrogens is 162 g/mol. The topological polar surface area (TPSA) is 35.2 Å².